The van der Waals surface area contributed by atoms with Crippen LogP contribution in [0.2, 0.25) is 0 Å². The second-order valence-corrected chi connectivity index (χ2v) is 12.5. The maximum absolute atomic E-state index is 13.7. The number of nitrogens with zero attached hydrogens (tertiary/aromatic N) is 5. The van der Waals surface area contributed by atoms with Crippen molar-refractivity contribution in [3.8, 4) is 17.2 Å². The second kappa shape index (κ2) is 9.46. The fourth-order valence-corrected chi connectivity index (χ4v) is 6.39. The van der Waals surface area contributed by atoms with Crippen LogP contribution in [0.1, 0.15) is 33.6 Å². The molecular formula is C21H23BrFN7O7S. The summed E-state index contributed by atoms with van der Waals surface area (Å²) in [5.74, 6) is -1.30. The standard InChI is InChI=1S/C21H23BrFN7O7S/c1-21(2,3)35-19(31)28-38(33,34)29-9-10-6-12(29)8-15(10)24-17-16(25-37-26-17)18-27-36-20(32)30(18)11-4-5-14(23)13(22)7-11/h4-5,7,10,12,15H,6,8-9H2,1-3H3,(H,24,26)(H,28,31). The number of aromatic nitrogens is 4. The largest absolute Gasteiger partial charge is 0.446 e. The molecule has 2 fully saturated rings. The number of anilines is 1. The number of halogens is 2. The van der Waals surface area contributed by atoms with Crippen LogP contribution >= 0.6 is 15.9 Å². The van der Waals surface area contributed by atoms with E-state index in [1.165, 1.54) is 22.5 Å². The highest BCUT2D eigenvalue weighted by Crippen LogP contribution is 2.41. The van der Waals surface area contributed by atoms with Gasteiger partial charge in [-0.1, -0.05) is 5.16 Å². The van der Waals surface area contributed by atoms with Crippen LogP contribution in [0.4, 0.5) is 15.0 Å². The van der Waals surface area contributed by atoms with Gasteiger partial charge < -0.3 is 10.1 Å². The van der Waals surface area contributed by atoms with Gasteiger partial charge >= 0.3 is 22.1 Å². The van der Waals surface area contributed by atoms with Crippen molar-refractivity contribution in [1.82, 2.24) is 29.1 Å². The monoisotopic (exact) mass is 615 g/mol. The van der Waals surface area contributed by atoms with Crippen molar-refractivity contribution in [2.75, 3.05) is 11.9 Å². The molecule has 1 aliphatic heterocycles. The minimum Gasteiger partial charge on any atom is -0.443 e. The van der Waals surface area contributed by atoms with E-state index in [2.05, 4.69) is 36.7 Å². The van der Waals surface area contributed by atoms with Crippen molar-refractivity contribution in [1.29, 1.82) is 0 Å². The molecule has 17 heteroatoms. The number of carbonyl (C=O) groups is 1. The first-order chi connectivity index (χ1) is 17.8. The van der Waals surface area contributed by atoms with Gasteiger partial charge in [0.1, 0.15) is 11.4 Å². The number of nitrogens with one attached hydrogen (secondary N) is 2. The SMILES string of the molecule is CC(C)(C)OC(=O)NS(=O)(=O)N1CC2CC1CC2Nc1nonc1-c1noc(=O)n1-c1ccc(F)c(Br)c1. The van der Waals surface area contributed by atoms with Gasteiger partial charge in [-0.3, -0.25) is 4.52 Å². The van der Waals surface area contributed by atoms with Gasteiger partial charge in [0, 0.05) is 18.6 Å². The summed E-state index contributed by atoms with van der Waals surface area (Å²) in [4.78, 5) is 24.4. The fourth-order valence-electron chi connectivity index (χ4n) is 4.70. The van der Waals surface area contributed by atoms with Crippen LogP contribution in [0.3, 0.4) is 0 Å². The third-order valence-corrected chi connectivity index (χ3v) is 8.30. The van der Waals surface area contributed by atoms with Crippen molar-refractivity contribution < 1.29 is 31.5 Å². The lowest BCUT2D eigenvalue weighted by Gasteiger charge is -2.31. The zero-order valence-electron chi connectivity index (χ0n) is 20.3. The Hall–Kier alpha value is -3.31. The fraction of sp³-hybridized carbons (Fsp3) is 0.476. The lowest BCUT2D eigenvalue weighted by Crippen LogP contribution is -2.50. The maximum atomic E-state index is 13.7. The lowest BCUT2D eigenvalue weighted by atomic mass is 10.0. The van der Waals surface area contributed by atoms with Crippen LogP contribution in [0.25, 0.3) is 17.2 Å². The van der Waals surface area contributed by atoms with E-state index in [0.29, 0.717) is 12.8 Å². The number of hydrogen-bond acceptors (Lipinski definition) is 11. The summed E-state index contributed by atoms with van der Waals surface area (Å²) >= 11 is 3.09. The molecule has 2 N–H and O–H groups in total. The molecule has 3 heterocycles. The Balaban J connectivity index is 1.31. The normalized spacial score (nSPS) is 21.6. The third-order valence-electron chi connectivity index (χ3n) is 6.20. The summed E-state index contributed by atoms with van der Waals surface area (Å²) in [5.41, 5.74) is -0.494. The molecule has 14 nitrogen and oxygen atoms in total. The van der Waals surface area contributed by atoms with Gasteiger partial charge in [0.25, 0.3) is 0 Å². The van der Waals surface area contributed by atoms with Crippen LogP contribution in [0.5, 0.6) is 0 Å². The average molecular weight is 616 g/mol. The van der Waals surface area contributed by atoms with E-state index in [0.717, 1.165) is 4.57 Å². The zero-order chi connectivity index (χ0) is 27.4. The molecule has 1 saturated carbocycles. The van der Waals surface area contributed by atoms with E-state index in [-0.39, 0.29) is 52.0 Å². The summed E-state index contributed by atoms with van der Waals surface area (Å²) < 4.78 is 58.5. The first-order valence-corrected chi connectivity index (χ1v) is 13.7. The number of rotatable bonds is 6. The number of benzene rings is 1. The Bertz CT molecular complexity index is 1550. The molecule has 2 aromatic heterocycles. The molecule has 5 rings (SSSR count). The minimum absolute atomic E-state index is 0.0221. The van der Waals surface area contributed by atoms with Gasteiger partial charge in [-0.15, -0.1) is 0 Å². The number of hydrogen-bond donors (Lipinski definition) is 2. The number of piperidine rings is 1. The topological polar surface area (TPSA) is 175 Å². The van der Waals surface area contributed by atoms with Crippen LogP contribution in [0.15, 0.2) is 36.6 Å². The van der Waals surface area contributed by atoms with Gasteiger partial charge in [-0.25, -0.2) is 27.9 Å². The van der Waals surface area contributed by atoms with E-state index >= 15 is 0 Å². The van der Waals surface area contributed by atoms with Gasteiger partial charge in [-0.05, 0) is 84.0 Å². The van der Waals surface area contributed by atoms with Gasteiger partial charge in [0.15, 0.2) is 5.69 Å². The van der Waals surface area contributed by atoms with Gasteiger partial charge in [0.2, 0.25) is 11.6 Å². The van der Waals surface area contributed by atoms with Crippen molar-refractivity contribution in [3.05, 3.63) is 39.0 Å². The molecule has 1 saturated heterocycles. The average Bonchev–Trinajstić information content (AvgIpc) is 3.58. The summed E-state index contributed by atoms with van der Waals surface area (Å²) in [6.07, 6.45) is -0.0609. The summed E-state index contributed by atoms with van der Waals surface area (Å²) in [5, 5.41) is 14.7. The molecule has 3 aromatic rings. The number of fused-ring (bicyclic) bond motifs is 2. The molecule has 1 amide bonds. The van der Waals surface area contributed by atoms with Crippen molar-refractivity contribution in [2.24, 2.45) is 5.92 Å². The molecule has 204 valence electrons. The minimum atomic E-state index is -4.10. The first kappa shape index (κ1) is 26.3. The predicted molar refractivity (Wildman–Crippen MR) is 132 cm³/mol. The molecule has 1 aromatic carbocycles. The van der Waals surface area contributed by atoms with E-state index in [4.69, 9.17) is 13.9 Å². The highest BCUT2D eigenvalue weighted by Gasteiger charge is 2.50. The van der Waals surface area contributed by atoms with E-state index < -0.39 is 33.5 Å². The molecule has 0 spiro atoms. The van der Waals surface area contributed by atoms with Crippen molar-refractivity contribution >= 4 is 38.1 Å². The van der Waals surface area contributed by atoms with Crippen LogP contribution in [-0.2, 0) is 14.9 Å². The summed E-state index contributed by atoms with van der Waals surface area (Å²) in [6, 6.07) is 3.37. The maximum Gasteiger partial charge on any atom is 0.446 e. The highest BCUT2D eigenvalue weighted by molar-refractivity contribution is 9.10. The molecule has 0 radical (unpaired) electrons. The quantitative estimate of drug-likeness (QED) is 0.416. The van der Waals surface area contributed by atoms with Gasteiger partial charge in [-0.2, -0.15) is 12.7 Å². The Morgan fingerprint density at radius 1 is 1.24 bits per heavy atom. The van der Waals surface area contributed by atoms with Crippen LogP contribution in [-0.4, -0.2) is 63.1 Å². The lowest BCUT2D eigenvalue weighted by molar-refractivity contribution is 0.0566. The zero-order valence-corrected chi connectivity index (χ0v) is 22.7. The Kier molecular flexibility index (Phi) is 6.55. The van der Waals surface area contributed by atoms with Crippen molar-refractivity contribution in [2.45, 2.75) is 51.3 Å². The predicted octanol–water partition coefficient (Wildman–Crippen LogP) is 2.42. The van der Waals surface area contributed by atoms with Gasteiger partial charge in [0.05, 0.1) is 10.2 Å². The molecule has 2 aliphatic rings. The summed E-state index contributed by atoms with van der Waals surface area (Å²) in [7, 11) is -4.10. The Labute approximate surface area is 223 Å². The smallest absolute Gasteiger partial charge is 0.443 e. The molecular weight excluding hydrogens is 593 g/mol. The highest BCUT2D eigenvalue weighted by atomic mass is 79.9. The van der Waals surface area contributed by atoms with E-state index in [1.54, 1.807) is 20.8 Å². The van der Waals surface area contributed by atoms with Crippen molar-refractivity contribution in [3.63, 3.8) is 0 Å². The molecule has 2 bridgehead atoms. The molecule has 38 heavy (non-hydrogen) atoms. The second-order valence-electron chi connectivity index (χ2n) is 9.98. The Morgan fingerprint density at radius 2 is 2.00 bits per heavy atom. The molecule has 3 atom stereocenters. The Morgan fingerprint density at radius 3 is 2.66 bits per heavy atom. The molecule has 1 aliphatic carbocycles. The summed E-state index contributed by atoms with van der Waals surface area (Å²) in [6.45, 7) is 5.07. The van der Waals surface area contributed by atoms with Crippen LogP contribution < -0.4 is 15.8 Å². The third kappa shape index (κ3) is 5.04. The number of amides is 1. The first-order valence-electron chi connectivity index (χ1n) is 11.5. The molecule has 3 unspecified atom stereocenters. The number of ether oxygens (including phenoxy) is 1. The van der Waals surface area contributed by atoms with E-state index in [1.807, 2.05) is 4.72 Å². The van der Waals surface area contributed by atoms with Crippen LogP contribution in [0, 0.1) is 11.7 Å². The number of carbonyl (C=O) groups excluding carboxylic acids is 1. The van der Waals surface area contributed by atoms with E-state index in [9.17, 15) is 22.4 Å².